The molecule has 5 heteroatoms. The Balaban J connectivity index is 4.80. The van der Waals surface area contributed by atoms with Crippen LogP contribution in [0.3, 0.4) is 0 Å². The standard InChI is InChI=1S/C16H31NO4/c1-8-20-12(18)9-10-21-13(19)16(17,15(5,6)7)11-14(2,3)4/h8-11,17H2,1-7H3. The third-order valence-electron chi connectivity index (χ3n) is 3.36. The fourth-order valence-electron chi connectivity index (χ4n) is 2.07. The number of carbonyl (C=O) groups is 2. The topological polar surface area (TPSA) is 78.6 Å². The van der Waals surface area contributed by atoms with Crippen LogP contribution in [0.2, 0.25) is 0 Å². The van der Waals surface area contributed by atoms with Crippen molar-refractivity contribution < 1.29 is 19.1 Å². The molecular weight excluding hydrogens is 270 g/mol. The largest absolute Gasteiger partial charge is 0.466 e. The lowest BCUT2D eigenvalue weighted by Crippen LogP contribution is -2.60. The molecule has 0 radical (unpaired) electrons. The summed E-state index contributed by atoms with van der Waals surface area (Å²) in [7, 11) is 0. The molecule has 0 aliphatic heterocycles. The Morgan fingerprint density at radius 2 is 1.52 bits per heavy atom. The van der Waals surface area contributed by atoms with Gasteiger partial charge in [-0.25, -0.2) is 0 Å². The van der Waals surface area contributed by atoms with Gasteiger partial charge in [-0.15, -0.1) is 0 Å². The maximum atomic E-state index is 12.4. The van der Waals surface area contributed by atoms with Gasteiger partial charge in [-0.1, -0.05) is 41.5 Å². The Kier molecular flexibility index (Phi) is 6.87. The lowest BCUT2D eigenvalue weighted by molar-refractivity contribution is -0.158. The highest BCUT2D eigenvalue weighted by molar-refractivity contribution is 5.82. The Bertz CT molecular complexity index is 365. The second kappa shape index (κ2) is 7.25. The quantitative estimate of drug-likeness (QED) is 0.763. The molecule has 0 aliphatic carbocycles. The smallest absolute Gasteiger partial charge is 0.326 e. The van der Waals surface area contributed by atoms with Crippen LogP contribution in [0.4, 0.5) is 0 Å². The molecule has 5 nitrogen and oxygen atoms in total. The van der Waals surface area contributed by atoms with Crippen LogP contribution in [0.1, 0.15) is 61.3 Å². The van der Waals surface area contributed by atoms with Crippen molar-refractivity contribution in [2.75, 3.05) is 13.2 Å². The summed E-state index contributed by atoms with van der Waals surface area (Å²) in [6.45, 7) is 13.9. The summed E-state index contributed by atoms with van der Waals surface area (Å²) in [5.74, 6) is -0.839. The summed E-state index contributed by atoms with van der Waals surface area (Å²) in [5, 5.41) is 0. The molecular formula is C16H31NO4. The van der Waals surface area contributed by atoms with Gasteiger partial charge in [-0.2, -0.15) is 0 Å². The first-order valence-electron chi connectivity index (χ1n) is 7.45. The van der Waals surface area contributed by atoms with Crippen LogP contribution in [-0.4, -0.2) is 30.7 Å². The maximum absolute atomic E-state index is 12.4. The molecule has 0 bridgehead atoms. The highest BCUT2D eigenvalue weighted by Gasteiger charge is 2.48. The van der Waals surface area contributed by atoms with Gasteiger partial charge in [0.1, 0.15) is 12.1 Å². The molecule has 0 spiro atoms. The fraction of sp³-hybridized carbons (Fsp3) is 0.875. The van der Waals surface area contributed by atoms with Gasteiger partial charge in [0.2, 0.25) is 0 Å². The second-order valence-electron chi connectivity index (χ2n) is 7.65. The van der Waals surface area contributed by atoms with Crippen LogP contribution in [0.5, 0.6) is 0 Å². The van der Waals surface area contributed by atoms with E-state index in [1.165, 1.54) is 0 Å². The third-order valence-corrected chi connectivity index (χ3v) is 3.36. The van der Waals surface area contributed by atoms with E-state index in [9.17, 15) is 9.59 Å². The molecule has 0 fully saturated rings. The Labute approximate surface area is 128 Å². The zero-order valence-corrected chi connectivity index (χ0v) is 14.5. The van der Waals surface area contributed by atoms with Gasteiger partial charge < -0.3 is 15.2 Å². The average Bonchev–Trinajstić information content (AvgIpc) is 2.25. The van der Waals surface area contributed by atoms with Crippen molar-refractivity contribution in [1.82, 2.24) is 0 Å². The van der Waals surface area contributed by atoms with Gasteiger partial charge in [0.25, 0.3) is 0 Å². The van der Waals surface area contributed by atoms with Gasteiger partial charge in [0.05, 0.1) is 13.0 Å². The van der Waals surface area contributed by atoms with E-state index >= 15 is 0 Å². The van der Waals surface area contributed by atoms with Crippen molar-refractivity contribution in [2.24, 2.45) is 16.6 Å². The molecule has 124 valence electrons. The van der Waals surface area contributed by atoms with E-state index in [4.69, 9.17) is 15.2 Å². The second-order valence-corrected chi connectivity index (χ2v) is 7.65. The lowest BCUT2D eigenvalue weighted by Gasteiger charge is -2.42. The SMILES string of the molecule is CCOC(=O)CCOC(=O)C(N)(CC(C)(C)C)C(C)(C)C. The first-order chi connectivity index (χ1) is 9.33. The lowest BCUT2D eigenvalue weighted by atomic mass is 9.66. The van der Waals surface area contributed by atoms with Gasteiger partial charge >= 0.3 is 11.9 Å². The van der Waals surface area contributed by atoms with Crippen LogP contribution < -0.4 is 5.73 Å². The molecule has 1 unspecified atom stereocenters. The van der Waals surface area contributed by atoms with Gasteiger partial charge in [0.15, 0.2) is 0 Å². The number of hydrogen-bond donors (Lipinski definition) is 1. The summed E-state index contributed by atoms with van der Waals surface area (Å²) in [5.41, 5.74) is 4.74. The van der Waals surface area contributed by atoms with Crippen LogP contribution in [-0.2, 0) is 19.1 Å². The van der Waals surface area contributed by atoms with E-state index in [0.29, 0.717) is 13.0 Å². The maximum Gasteiger partial charge on any atom is 0.326 e. The molecule has 0 saturated heterocycles. The molecule has 1 atom stereocenters. The van der Waals surface area contributed by atoms with Crippen LogP contribution in [0.15, 0.2) is 0 Å². The molecule has 0 aliphatic rings. The Morgan fingerprint density at radius 1 is 1.00 bits per heavy atom. The zero-order chi connectivity index (χ0) is 16.9. The van der Waals surface area contributed by atoms with Crippen molar-refractivity contribution in [2.45, 2.75) is 66.8 Å². The molecule has 0 aromatic carbocycles. The van der Waals surface area contributed by atoms with E-state index in [2.05, 4.69) is 0 Å². The van der Waals surface area contributed by atoms with Crippen LogP contribution in [0.25, 0.3) is 0 Å². The average molecular weight is 301 g/mol. The van der Waals surface area contributed by atoms with Crippen molar-refractivity contribution >= 4 is 11.9 Å². The minimum absolute atomic E-state index is 0.00314. The molecule has 2 N–H and O–H groups in total. The van der Waals surface area contributed by atoms with Crippen molar-refractivity contribution in [3.8, 4) is 0 Å². The number of carbonyl (C=O) groups excluding carboxylic acids is 2. The van der Waals surface area contributed by atoms with Gasteiger partial charge in [-0.05, 0) is 24.2 Å². The number of esters is 2. The Hall–Kier alpha value is -1.10. The van der Waals surface area contributed by atoms with Gasteiger partial charge in [-0.3, -0.25) is 9.59 Å². The van der Waals surface area contributed by atoms with E-state index in [1.54, 1.807) is 6.92 Å². The summed E-state index contributed by atoms with van der Waals surface area (Å²) >= 11 is 0. The van der Waals surface area contributed by atoms with Gasteiger partial charge in [0, 0.05) is 0 Å². The minimum Gasteiger partial charge on any atom is -0.466 e. The van der Waals surface area contributed by atoms with Crippen molar-refractivity contribution in [1.29, 1.82) is 0 Å². The fourth-order valence-corrected chi connectivity index (χ4v) is 2.07. The van der Waals surface area contributed by atoms with Crippen LogP contribution in [0, 0.1) is 10.8 Å². The van der Waals surface area contributed by atoms with E-state index < -0.39 is 16.9 Å². The number of rotatable bonds is 6. The summed E-state index contributed by atoms with van der Waals surface area (Å²) in [4.78, 5) is 23.7. The molecule has 0 aromatic heterocycles. The normalized spacial score (nSPS) is 15.2. The first-order valence-corrected chi connectivity index (χ1v) is 7.45. The number of hydrogen-bond acceptors (Lipinski definition) is 5. The monoisotopic (exact) mass is 301 g/mol. The van der Waals surface area contributed by atoms with Crippen LogP contribution >= 0.6 is 0 Å². The first kappa shape index (κ1) is 19.9. The predicted octanol–water partition coefficient (Wildman–Crippen LogP) is 2.66. The molecule has 0 heterocycles. The highest BCUT2D eigenvalue weighted by atomic mass is 16.5. The predicted molar refractivity (Wildman–Crippen MR) is 82.7 cm³/mol. The summed E-state index contributed by atoms with van der Waals surface area (Å²) < 4.78 is 10.0. The van der Waals surface area contributed by atoms with Crippen molar-refractivity contribution in [3.63, 3.8) is 0 Å². The number of nitrogens with two attached hydrogens (primary N) is 1. The Morgan fingerprint density at radius 3 is 1.90 bits per heavy atom. The minimum atomic E-state index is -1.10. The summed E-state index contributed by atoms with van der Waals surface area (Å²) in [6, 6.07) is 0. The van der Waals surface area contributed by atoms with E-state index in [-0.39, 0.29) is 24.4 Å². The summed E-state index contributed by atoms with van der Waals surface area (Å²) in [6.07, 6.45) is 0.553. The van der Waals surface area contributed by atoms with E-state index in [1.807, 2.05) is 41.5 Å². The molecule has 0 rings (SSSR count). The molecule has 0 saturated carbocycles. The molecule has 0 amide bonds. The number of ether oxygens (including phenoxy) is 2. The third kappa shape index (κ3) is 6.46. The molecule has 21 heavy (non-hydrogen) atoms. The van der Waals surface area contributed by atoms with E-state index in [0.717, 1.165) is 0 Å². The zero-order valence-electron chi connectivity index (χ0n) is 14.5. The highest BCUT2D eigenvalue weighted by Crippen LogP contribution is 2.38. The molecule has 0 aromatic rings. The van der Waals surface area contributed by atoms with Crippen molar-refractivity contribution in [3.05, 3.63) is 0 Å².